The molecule has 1 heterocycles. The van der Waals surface area contributed by atoms with Crippen molar-refractivity contribution in [1.82, 2.24) is 15.6 Å². The van der Waals surface area contributed by atoms with Gasteiger partial charge in [0.2, 0.25) is 0 Å². The quantitative estimate of drug-likeness (QED) is 0.396. The van der Waals surface area contributed by atoms with Crippen LogP contribution in [-0.2, 0) is 0 Å². The van der Waals surface area contributed by atoms with E-state index in [9.17, 15) is 4.79 Å². The molecule has 0 aliphatic carbocycles. The van der Waals surface area contributed by atoms with Crippen molar-refractivity contribution in [2.75, 3.05) is 7.11 Å². The summed E-state index contributed by atoms with van der Waals surface area (Å²) in [6, 6.07) is 23.2. The Labute approximate surface area is 168 Å². The molecule has 2 N–H and O–H groups in total. The number of H-pyrrole nitrogens is 1. The number of carbonyl (C=O) groups excluding carboxylic acids is 1. The van der Waals surface area contributed by atoms with Crippen LogP contribution in [0.3, 0.4) is 0 Å². The van der Waals surface area contributed by atoms with Crippen LogP contribution in [0.2, 0.25) is 0 Å². The summed E-state index contributed by atoms with van der Waals surface area (Å²) < 4.78 is 5.53. The van der Waals surface area contributed by atoms with Crippen LogP contribution in [0.4, 0.5) is 0 Å². The van der Waals surface area contributed by atoms with E-state index in [1.165, 1.54) is 0 Å². The Hall–Kier alpha value is -3.93. The zero-order chi connectivity index (χ0) is 20.2. The Kier molecular flexibility index (Phi) is 5.07. The molecular formula is C23H20N4O2. The van der Waals surface area contributed by atoms with Crippen molar-refractivity contribution in [3.05, 3.63) is 84.1 Å². The third-order valence-corrected chi connectivity index (χ3v) is 4.71. The fourth-order valence-electron chi connectivity index (χ4n) is 3.19. The van der Waals surface area contributed by atoms with Crippen LogP contribution in [0.1, 0.15) is 23.0 Å². The highest BCUT2D eigenvalue weighted by Crippen LogP contribution is 2.36. The number of rotatable bonds is 5. The zero-order valence-corrected chi connectivity index (χ0v) is 16.1. The molecule has 1 amide bonds. The number of nitrogens with one attached hydrogen (secondary N) is 2. The molecule has 6 heteroatoms. The van der Waals surface area contributed by atoms with Gasteiger partial charge in [-0.1, -0.05) is 60.7 Å². The highest BCUT2D eigenvalue weighted by Gasteiger charge is 2.16. The molecule has 0 spiro atoms. The van der Waals surface area contributed by atoms with Gasteiger partial charge in [-0.2, -0.15) is 10.2 Å². The monoisotopic (exact) mass is 384 g/mol. The molecule has 0 fully saturated rings. The Balaban J connectivity index is 1.62. The lowest BCUT2D eigenvalue weighted by molar-refractivity contribution is 0.0950. The van der Waals surface area contributed by atoms with Crippen molar-refractivity contribution in [2.45, 2.75) is 6.92 Å². The third kappa shape index (κ3) is 3.73. The standard InChI is InChI=1S/C23H20N4O2/c1-15(16-8-4-3-5-9-16)24-27-23(28)20-14-19(25-26-20)22-18-11-7-6-10-17(18)12-13-21(22)29-2/h3-14H,1-2H3,(H,25,26)(H,27,28). The van der Waals surface area contributed by atoms with Gasteiger partial charge in [0, 0.05) is 0 Å². The number of benzene rings is 3. The van der Waals surface area contributed by atoms with Gasteiger partial charge < -0.3 is 4.74 Å². The summed E-state index contributed by atoms with van der Waals surface area (Å²) in [5.74, 6) is 0.332. The van der Waals surface area contributed by atoms with Crippen molar-refractivity contribution in [2.24, 2.45) is 5.10 Å². The minimum Gasteiger partial charge on any atom is -0.496 e. The van der Waals surface area contributed by atoms with Crippen molar-refractivity contribution in [1.29, 1.82) is 0 Å². The second-order valence-electron chi connectivity index (χ2n) is 6.53. The number of carbonyl (C=O) groups is 1. The number of hydrogen-bond donors (Lipinski definition) is 2. The smallest absolute Gasteiger partial charge is 0.289 e. The Morgan fingerprint density at radius 3 is 2.59 bits per heavy atom. The van der Waals surface area contributed by atoms with E-state index in [-0.39, 0.29) is 5.91 Å². The van der Waals surface area contributed by atoms with E-state index in [1.807, 2.05) is 73.7 Å². The van der Waals surface area contributed by atoms with E-state index < -0.39 is 0 Å². The summed E-state index contributed by atoms with van der Waals surface area (Å²) in [4.78, 5) is 12.5. The lowest BCUT2D eigenvalue weighted by Gasteiger charge is -2.09. The van der Waals surface area contributed by atoms with E-state index in [0.717, 1.165) is 27.6 Å². The molecule has 6 nitrogen and oxygen atoms in total. The molecule has 29 heavy (non-hydrogen) atoms. The highest BCUT2D eigenvalue weighted by molar-refractivity contribution is 6.02. The molecule has 0 saturated heterocycles. The third-order valence-electron chi connectivity index (χ3n) is 4.71. The molecule has 4 rings (SSSR count). The van der Waals surface area contributed by atoms with Crippen molar-refractivity contribution in [3.8, 4) is 17.0 Å². The van der Waals surface area contributed by atoms with Gasteiger partial charge in [-0.05, 0) is 35.4 Å². The first-order chi connectivity index (χ1) is 14.2. The van der Waals surface area contributed by atoms with Crippen LogP contribution in [-0.4, -0.2) is 28.9 Å². The molecule has 0 aliphatic heterocycles. The van der Waals surface area contributed by atoms with E-state index in [2.05, 4.69) is 20.7 Å². The number of aromatic amines is 1. The minimum atomic E-state index is -0.363. The summed E-state index contributed by atoms with van der Waals surface area (Å²) >= 11 is 0. The predicted molar refractivity (Wildman–Crippen MR) is 114 cm³/mol. The van der Waals surface area contributed by atoms with Gasteiger partial charge in [-0.15, -0.1) is 0 Å². The molecule has 0 aliphatic rings. The van der Waals surface area contributed by atoms with E-state index in [1.54, 1.807) is 13.2 Å². The molecule has 1 aromatic heterocycles. The van der Waals surface area contributed by atoms with Gasteiger partial charge in [0.25, 0.3) is 5.91 Å². The molecule has 0 saturated carbocycles. The van der Waals surface area contributed by atoms with Crippen LogP contribution >= 0.6 is 0 Å². The maximum Gasteiger partial charge on any atom is 0.289 e. The molecule has 0 bridgehead atoms. The van der Waals surface area contributed by atoms with Gasteiger partial charge in [-0.3, -0.25) is 9.89 Å². The average molecular weight is 384 g/mol. The lowest BCUT2D eigenvalue weighted by Crippen LogP contribution is -2.19. The number of methoxy groups -OCH3 is 1. The average Bonchev–Trinajstić information content (AvgIpc) is 3.27. The topological polar surface area (TPSA) is 79.4 Å². The van der Waals surface area contributed by atoms with Crippen LogP contribution in [0.15, 0.2) is 77.9 Å². The molecule has 3 aromatic carbocycles. The van der Waals surface area contributed by atoms with Gasteiger partial charge in [0.05, 0.1) is 24.1 Å². The Morgan fingerprint density at radius 2 is 1.79 bits per heavy atom. The lowest BCUT2D eigenvalue weighted by atomic mass is 10.0. The maximum absolute atomic E-state index is 12.5. The van der Waals surface area contributed by atoms with Crippen LogP contribution in [0.5, 0.6) is 5.75 Å². The number of nitrogens with zero attached hydrogens (tertiary/aromatic N) is 2. The molecule has 4 aromatic rings. The Morgan fingerprint density at radius 1 is 1.03 bits per heavy atom. The molecule has 0 atom stereocenters. The molecule has 0 radical (unpaired) electrons. The van der Waals surface area contributed by atoms with Crippen molar-refractivity contribution >= 4 is 22.4 Å². The van der Waals surface area contributed by atoms with Crippen LogP contribution in [0.25, 0.3) is 22.0 Å². The van der Waals surface area contributed by atoms with Gasteiger partial charge >= 0.3 is 0 Å². The van der Waals surface area contributed by atoms with Crippen molar-refractivity contribution in [3.63, 3.8) is 0 Å². The van der Waals surface area contributed by atoms with E-state index in [4.69, 9.17) is 4.74 Å². The number of hydrogen-bond acceptors (Lipinski definition) is 4. The number of fused-ring (bicyclic) bond motifs is 1. The summed E-state index contributed by atoms with van der Waals surface area (Å²) in [5.41, 5.74) is 6.02. The van der Waals surface area contributed by atoms with Gasteiger partial charge in [0.1, 0.15) is 11.4 Å². The SMILES string of the molecule is COc1ccc2ccccc2c1-c1cc(C(=O)NN=C(C)c2ccccc2)[nH]n1. The first-order valence-corrected chi connectivity index (χ1v) is 9.19. The van der Waals surface area contributed by atoms with Crippen LogP contribution in [0, 0.1) is 0 Å². The number of amides is 1. The first-order valence-electron chi connectivity index (χ1n) is 9.19. The van der Waals surface area contributed by atoms with Gasteiger partial charge in [0.15, 0.2) is 0 Å². The first kappa shape index (κ1) is 18.4. The predicted octanol–water partition coefficient (Wildman–Crippen LogP) is 4.39. The molecule has 0 unspecified atom stereocenters. The fourth-order valence-corrected chi connectivity index (χ4v) is 3.19. The minimum absolute atomic E-state index is 0.319. The summed E-state index contributed by atoms with van der Waals surface area (Å²) in [7, 11) is 1.62. The fraction of sp³-hybridized carbons (Fsp3) is 0.0870. The van der Waals surface area contributed by atoms with Crippen LogP contribution < -0.4 is 10.2 Å². The Bertz CT molecular complexity index is 1200. The normalized spacial score (nSPS) is 11.4. The van der Waals surface area contributed by atoms with E-state index >= 15 is 0 Å². The van der Waals surface area contributed by atoms with Gasteiger partial charge in [-0.25, -0.2) is 5.43 Å². The summed E-state index contributed by atoms with van der Waals surface area (Å²) in [6.45, 7) is 1.84. The molecular weight excluding hydrogens is 364 g/mol. The maximum atomic E-state index is 12.5. The molecule has 144 valence electrons. The van der Waals surface area contributed by atoms with Crippen molar-refractivity contribution < 1.29 is 9.53 Å². The zero-order valence-electron chi connectivity index (χ0n) is 16.1. The summed E-state index contributed by atoms with van der Waals surface area (Å²) in [5, 5.41) is 13.4. The largest absolute Gasteiger partial charge is 0.496 e. The summed E-state index contributed by atoms with van der Waals surface area (Å²) in [6.07, 6.45) is 0. The second kappa shape index (κ2) is 7.98. The second-order valence-corrected chi connectivity index (χ2v) is 6.53. The number of hydrazone groups is 1. The van der Waals surface area contributed by atoms with E-state index in [0.29, 0.717) is 17.1 Å². The number of aromatic nitrogens is 2. The highest BCUT2D eigenvalue weighted by atomic mass is 16.5. The number of ether oxygens (including phenoxy) is 1.